The van der Waals surface area contributed by atoms with E-state index in [2.05, 4.69) is 24.2 Å². The Balaban J connectivity index is 2.39. The fraction of sp³-hybridized carbons (Fsp3) is 0.500. The first kappa shape index (κ1) is 14.5. The molecule has 0 radical (unpaired) electrons. The van der Waals surface area contributed by atoms with Crippen molar-refractivity contribution in [2.75, 3.05) is 13.1 Å². The number of aliphatic imine (C=N–C) groups is 1. The summed E-state index contributed by atoms with van der Waals surface area (Å²) in [6, 6.07) is 4.85. The van der Waals surface area contributed by atoms with Gasteiger partial charge in [-0.1, -0.05) is 19.9 Å². The lowest BCUT2D eigenvalue weighted by atomic mass is 10.1. The molecule has 100 valence electrons. The van der Waals surface area contributed by atoms with Crippen LogP contribution in [0.15, 0.2) is 23.2 Å². The average molecular weight is 251 g/mol. The molecule has 3 N–H and O–H groups in total. The molecule has 0 aliphatic heterocycles. The van der Waals surface area contributed by atoms with Crippen molar-refractivity contribution in [1.82, 2.24) is 5.32 Å². The maximum Gasteiger partial charge on any atom is 0.188 e. The summed E-state index contributed by atoms with van der Waals surface area (Å²) in [5.74, 6) is 0.787. The van der Waals surface area contributed by atoms with Gasteiger partial charge >= 0.3 is 0 Å². The Bertz CT molecular complexity index is 414. The van der Waals surface area contributed by atoms with Gasteiger partial charge in [-0.3, -0.25) is 4.99 Å². The van der Waals surface area contributed by atoms with Gasteiger partial charge in [0.15, 0.2) is 5.96 Å². The standard InChI is InChI=1S/C14H22FN3/c1-10(2)9-18-14(16)17-7-6-12-4-5-13(15)8-11(12)3/h4-5,8,10H,6-7,9H2,1-3H3,(H3,16,17,18). The van der Waals surface area contributed by atoms with Crippen molar-refractivity contribution >= 4 is 5.96 Å². The zero-order chi connectivity index (χ0) is 13.5. The molecule has 1 aromatic carbocycles. The van der Waals surface area contributed by atoms with Crippen molar-refractivity contribution in [3.05, 3.63) is 35.1 Å². The van der Waals surface area contributed by atoms with Gasteiger partial charge in [-0.25, -0.2) is 4.39 Å². The molecule has 18 heavy (non-hydrogen) atoms. The molecular weight excluding hydrogens is 229 g/mol. The molecule has 0 aliphatic rings. The Morgan fingerprint density at radius 1 is 1.44 bits per heavy atom. The number of nitrogens with two attached hydrogens (primary N) is 1. The summed E-state index contributed by atoms with van der Waals surface area (Å²) in [6.45, 7) is 7.54. The van der Waals surface area contributed by atoms with Crippen LogP contribution in [0.25, 0.3) is 0 Å². The number of aryl methyl sites for hydroxylation is 1. The normalized spacial score (nSPS) is 11.9. The molecule has 0 fully saturated rings. The number of rotatable bonds is 5. The molecule has 0 atom stereocenters. The van der Waals surface area contributed by atoms with Crippen LogP contribution in [0.5, 0.6) is 0 Å². The molecule has 0 aromatic heterocycles. The smallest absolute Gasteiger partial charge is 0.188 e. The van der Waals surface area contributed by atoms with Crippen molar-refractivity contribution in [2.24, 2.45) is 16.6 Å². The molecule has 0 bridgehead atoms. The minimum Gasteiger partial charge on any atom is -0.370 e. The van der Waals surface area contributed by atoms with Crippen molar-refractivity contribution < 1.29 is 4.39 Å². The van der Waals surface area contributed by atoms with Gasteiger partial charge in [-0.15, -0.1) is 0 Å². The molecule has 1 rings (SSSR count). The third kappa shape index (κ3) is 5.17. The number of hydrogen-bond donors (Lipinski definition) is 2. The highest BCUT2D eigenvalue weighted by atomic mass is 19.1. The largest absolute Gasteiger partial charge is 0.370 e. The van der Waals surface area contributed by atoms with Gasteiger partial charge in [0.2, 0.25) is 0 Å². The highest BCUT2D eigenvalue weighted by Crippen LogP contribution is 2.10. The monoisotopic (exact) mass is 251 g/mol. The second-order valence-electron chi connectivity index (χ2n) is 4.87. The number of nitrogens with zero attached hydrogens (tertiary/aromatic N) is 1. The number of guanidine groups is 1. The number of halogens is 1. The van der Waals surface area contributed by atoms with E-state index >= 15 is 0 Å². The maximum absolute atomic E-state index is 12.9. The Morgan fingerprint density at radius 2 is 2.17 bits per heavy atom. The van der Waals surface area contributed by atoms with Crippen molar-refractivity contribution in [1.29, 1.82) is 0 Å². The van der Waals surface area contributed by atoms with E-state index in [0.29, 0.717) is 18.4 Å². The zero-order valence-corrected chi connectivity index (χ0v) is 11.3. The molecule has 0 heterocycles. The first-order valence-corrected chi connectivity index (χ1v) is 6.28. The van der Waals surface area contributed by atoms with Gasteiger partial charge < -0.3 is 11.1 Å². The third-order valence-electron chi connectivity index (χ3n) is 2.63. The molecule has 0 spiro atoms. The Labute approximate surface area is 108 Å². The van der Waals surface area contributed by atoms with E-state index in [4.69, 9.17) is 5.73 Å². The lowest BCUT2D eigenvalue weighted by Gasteiger charge is -2.08. The molecular formula is C14H22FN3. The SMILES string of the molecule is Cc1cc(F)ccc1CCNC(N)=NCC(C)C. The molecule has 0 saturated carbocycles. The summed E-state index contributed by atoms with van der Waals surface area (Å²) >= 11 is 0. The van der Waals surface area contributed by atoms with Gasteiger partial charge in [0.1, 0.15) is 5.82 Å². The van der Waals surface area contributed by atoms with Crippen molar-refractivity contribution in [2.45, 2.75) is 27.2 Å². The van der Waals surface area contributed by atoms with Crippen LogP contribution in [0.4, 0.5) is 4.39 Å². The molecule has 4 heteroatoms. The van der Waals surface area contributed by atoms with E-state index in [9.17, 15) is 4.39 Å². The van der Waals surface area contributed by atoms with Gasteiger partial charge in [-0.05, 0) is 42.5 Å². The fourth-order valence-corrected chi connectivity index (χ4v) is 1.60. The summed E-state index contributed by atoms with van der Waals surface area (Å²) in [7, 11) is 0. The molecule has 0 amide bonds. The van der Waals surface area contributed by atoms with Crippen LogP contribution >= 0.6 is 0 Å². The average Bonchev–Trinajstić information content (AvgIpc) is 2.29. The minimum atomic E-state index is -0.192. The molecule has 3 nitrogen and oxygen atoms in total. The van der Waals surface area contributed by atoms with Crippen LogP contribution in [0, 0.1) is 18.7 Å². The quantitative estimate of drug-likeness (QED) is 0.623. The van der Waals surface area contributed by atoms with Crippen molar-refractivity contribution in [3.63, 3.8) is 0 Å². The molecule has 0 aliphatic carbocycles. The summed E-state index contributed by atoms with van der Waals surface area (Å²) in [5.41, 5.74) is 7.82. The van der Waals surface area contributed by atoms with E-state index in [-0.39, 0.29) is 5.82 Å². The fourth-order valence-electron chi connectivity index (χ4n) is 1.60. The highest BCUT2D eigenvalue weighted by Gasteiger charge is 2.00. The van der Waals surface area contributed by atoms with Gasteiger partial charge in [-0.2, -0.15) is 0 Å². The van der Waals surface area contributed by atoms with Crippen LogP contribution in [0.1, 0.15) is 25.0 Å². The third-order valence-corrected chi connectivity index (χ3v) is 2.63. The maximum atomic E-state index is 12.9. The van der Waals surface area contributed by atoms with Gasteiger partial charge in [0.25, 0.3) is 0 Å². The highest BCUT2D eigenvalue weighted by molar-refractivity contribution is 5.77. The molecule has 0 unspecified atom stereocenters. The van der Waals surface area contributed by atoms with Crippen LogP contribution < -0.4 is 11.1 Å². The Hall–Kier alpha value is -1.58. The van der Waals surface area contributed by atoms with Gasteiger partial charge in [0, 0.05) is 13.1 Å². The van der Waals surface area contributed by atoms with Crippen LogP contribution in [0.2, 0.25) is 0 Å². The van der Waals surface area contributed by atoms with Crippen molar-refractivity contribution in [3.8, 4) is 0 Å². The Kier molecular flexibility index (Phi) is 5.62. The zero-order valence-electron chi connectivity index (χ0n) is 11.3. The summed E-state index contributed by atoms with van der Waals surface area (Å²) in [5, 5.41) is 3.06. The lowest BCUT2D eigenvalue weighted by Crippen LogP contribution is -2.33. The second kappa shape index (κ2) is 6.99. The van der Waals surface area contributed by atoms with E-state index in [1.54, 1.807) is 6.07 Å². The first-order valence-electron chi connectivity index (χ1n) is 6.28. The van der Waals surface area contributed by atoms with E-state index < -0.39 is 0 Å². The minimum absolute atomic E-state index is 0.192. The van der Waals surface area contributed by atoms with E-state index in [1.807, 2.05) is 13.0 Å². The van der Waals surface area contributed by atoms with E-state index in [1.165, 1.54) is 6.07 Å². The summed E-state index contributed by atoms with van der Waals surface area (Å²) in [4.78, 5) is 4.21. The second-order valence-corrected chi connectivity index (χ2v) is 4.87. The predicted molar refractivity (Wildman–Crippen MR) is 74.2 cm³/mol. The molecule has 1 aromatic rings. The van der Waals surface area contributed by atoms with Crippen LogP contribution in [0.3, 0.4) is 0 Å². The first-order chi connectivity index (χ1) is 8.49. The number of benzene rings is 1. The van der Waals surface area contributed by atoms with Crippen LogP contribution in [-0.2, 0) is 6.42 Å². The Morgan fingerprint density at radius 3 is 2.78 bits per heavy atom. The lowest BCUT2D eigenvalue weighted by molar-refractivity contribution is 0.625. The number of nitrogens with one attached hydrogen (secondary N) is 1. The molecule has 0 saturated heterocycles. The summed E-state index contributed by atoms with van der Waals surface area (Å²) < 4.78 is 12.9. The van der Waals surface area contributed by atoms with E-state index in [0.717, 1.165) is 24.1 Å². The van der Waals surface area contributed by atoms with Crippen LogP contribution in [-0.4, -0.2) is 19.0 Å². The topological polar surface area (TPSA) is 50.4 Å². The number of hydrogen-bond acceptors (Lipinski definition) is 1. The predicted octanol–water partition coefficient (Wildman–Crippen LogP) is 2.24. The van der Waals surface area contributed by atoms with Gasteiger partial charge in [0.05, 0.1) is 0 Å². The summed E-state index contributed by atoms with van der Waals surface area (Å²) in [6.07, 6.45) is 0.810.